The fourth-order valence-corrected chi connectivity index (χ4v) is 1.43. The minimum Gasteiger partial charge on any atom is -0.297 e. The number of hydrogen-bond donors (Lipinski definition) is 0. The second-order valence-corrected chi connectivity index (χ2v) is 2.89. The normalized spacial score (nSPS) is 12.9. The lowest BCUT2D eigenvalue weighted by Gasteiger charge is -2.26. The summed E-state index contributed by atoms with van der Waals surface area (Å²) in [4.78, 5) is 2.41. The first-order valence-electron chi connectivity index (χ1n) is 4.77. The van der Waals surface area contributed by atoms with Crippen LogP contribution in [0, 0.1) is 0 Å². The number of nitrogens with zero attached hydrogens (tertiary/aromatic N) is 1. The van der Waals surface area contributed by atoms with Crippen molar-refractivity contribution in [1.82, 2.24) is 4.90 Å². The SMILES string of the molecule is C=CCCC(C=C)N(CC)CC. The van der Waals surface area contributed by atoms with Gasteiger partial charge in [-0.1, -0.05) is 26.0 Å². The first kappa shape index (κ1) is 11.4. The topological polar surface area (TPSA) is 3.24 Å². The van der Waals surface area contributed by atoms with Gasteiger partial charge in [0.1, 0.15) is 0 Å². The van der Waals surface area contributed by atoms with Crippen LogP contribution in [-0.4, -0.2) is 24.0 Å². The lowest BCUT2D eigenvalue weighted by atomic mass is 10.1. The molecule has 0 heterocycles. The van der Waals surface area contributed by atoms with E-state index in [9.17, 15) is 0 Å². The number of allylic oxidation sites excluding steroid dienone is 1. The predicted octanol–water partition coefficient (Wildman–Crippen LogP) is 2.85. The average Bonchev–Trinajstić information content (AvgIpc) is 2.12. The molecule has 0 saturated heterocycles. The molecule has 0 saturated carbocycles. The maximum Gasteiger partial charge on any atom is 0.0278 e. The summed E-state index contributed by atoms with van der Waals surface area (Å²) >= 11 is 0. The lowest BCUT2D eigenvalue weighted by Crippen LogP contribution is -2.33. The Labute approximate surface area is 76.8 Å². The fourth-order valence-electron chi connectivity index (χ4n) is 1.43. The van der Waals surface area contributed by atoms with Gasteiger partial charge >= 0.3 is 0 Å². The average molecular weight is 167 g/mol. The van der Waals surface area contributed by atoms with Crippen LogP contribution in [0.4, 0.5) is 0 Å². The van der Waals surface area contributed by atoms with Gasteiger partial charge < -0.3 is 0 Å². The second-order valence-electron chi connectivity index (χ2n) is 2.89. The quantitative estimate of drug-likeness (QED) is 0.527. The van der Waals surface area contributed by atoms with Crippen molar-refractivity contribution in [3.8, 4) is 0 Å². The van der Waals surface area contributed by atoms with E-state index in [4.69, 9.17) is 0 Å². The molecule has 1 unspecified atom stereocenters. The molecule has 1 heteroatoms. The molecule has 0 bridgehead atoms. The van der Waals surface area contributed by atoms with Gasteiger partial charge in [0, 0.05) is 6.04 Å². The summed E-state index contributed by atoms with van der Waals surface area (Å²) in [5.41, 5.74) is 0. The Morgan fingerprint density at radius 2 is 1.83 bits per heavy atom. The minimum atomic E-state index is 0.526. The maximum absolute atomic E-state index is 3.85. The van der Waals surface area contributed by atoms with Crippen LogP contribution in [0.5, 0.6) is 0 Å². The highest BCUT2D eigenvalue weighted by molar-refractivity contribution is 4.88. The first-order valence-corrected chi connectivity index (χ1v) is 4.77. The van der Waals surface area contributed by atoms with Crippen LogP contribution in [0.1, 0.15) is 26.7 Å². The van der Waals surface area contributed by atoms with E-state index in [0.29, 0.717) is 6.04 Å². The van der Waals surface area contributed by atoms with Crippen molar-refractivity contribution >= 4 is 0 Å². The van der Waals surface area contributed by atoms with Crippen LogP contribution >= 0.6 is 0 Å². The van der Waals surface area contributed by atoms with E-state index in [-0.39, 0.29) is 0 Å². The van der Waals surface area contributed by atoms with E-state index in [1.54, 1.807) is 0 Å². The van der Waals surface area contributed by atoms with Crippen LogP contribution < -0.4 is 0 Å². The molecule has 0 aliphatic rings. The summed E-state index contributed by atoms with van der Waals surface area (Å²) in [6.07, 6.45) is 6.23. The Hall–Kier alpha value is -0.560. The molecule has 0 rings (SSSR count). The Balaban J connectivity index is 3.91. The summed E-state index contributed by atoms with van der Waals surface area (Å²) in [7, 11) is 0. The molecule has 12 heavy (non-hydrogen) atoms. The maximum atomic E-state index is 3.85. The summed E-state index contributed by atoms with van der Waals surface area (Å²) in [6, 6.07) is 0.526. The summed E-state index contributed by atoms with van der Waals surface area (Å²) in [6.45, 7) is 14.2. The Bertz CT molecular complexity index is 125. The van der Waals surface area contributed by atoms with Gasteiger partial charge in [-0.3, -0.25) is 4.90 Å². The summed E-state index contributed by atoms with van der Waals surface area (Å²) in [5, 5.41) is 0. The standard InChI is InChI=1S/C11H21N/c1-5-9-10-11(6-2)12(7-3)8-4/h5-6,11H,1-2,7-10H2,3-4H3. The molecular weight excluding hydrogens is 146 g/mol. The third-order valence-electron chi connectivity index (χ3n) is 2.22. The third kappa shape index (κ3) is 3.72. The minimum absolute atomic E-state index is 0.526. The highest BCUT2D eigenvalue weighted by Gasteiger charge is 2.09. The Kier molecular flexibility index (Phi) is 6.78. The van der Waals surface area contributed by atoms with Gasteiger partial charge in [0.2, 0.25) is 0 Å². The molecule has 1 atom stereocenters. The lowest BCUT2D eigenvalue weighted by molar-refractivity contribution is 0.245. The van der Waals surface area contributed by atoms with Crippen LogP contribution in [0.25, 0.3) is 0 Å². The molecule has 0 aliphatic carbocycles. The second kappa shape index (κ2) is 7.11. The molecule has 0 aromatic rings. The molecule has 0 amide bonds. The van der Waals surface area contributed by atoms with Crippen molar-refractivity contribution < 1.29 is 0 Å². The molecule has 0 spiro atoms. The molecule has 0 aliphatic heterocycles. The first-order chi connectivity index (χ1) is 5.79. The molecule has 0 aromatic carbocycles. The predicted molar refractivity (Wildman–Crippen MR) is 56.3 cm³/mol. The number of hydrogen-bond acceptors (Lipinski definition) is 1. The zero-order chi connectivity index (χ0) is 9.40. The Morgan fingerprint density at radius 3 is 2.17 bits per heavy atom. The molecule has 0 N–H and O–H groups in total. The van der Waals surface area contributed by atoms with Crippen LogP contribution in [0.2, 0.25) is 0 Å². The van der Waals surface area contributed by atoms with Gasteiger partial charge in [-0.15, -0.1) is 13.2 Å². The van der Waals surface area contributed by atoms with Crippen molar-refractivity contribution in [2.45, 2.75) is 32.7 Å². The van der Waals surface area contributed by atoms with E-state index in [2.05, 4.69) is 31.9 Å². The van der Waals surface area contributed by atoms with E-state index in [0.717, 1.165) is 25.9 Å². The van der Waals surface area contributed by atoms with Gasteiger partial charge in [0.15, 0.2) is 0 Å². The van der Waals surface area contributed by atoms with Crippen LogP contribution in [0.15, 0.2) is 25.3 Å². The van der Waals surface area contributed by atoms with E-state index in [1.807, 2.05) is 12.2 Å². The number of likely N-dealkylation sites (N-methyl/N-ethyl adjacent to an activating group) is 1. The van der Waals surface area contributed by atoms with Gasteiger partial charge in [0.25, 0.3) is 0 Å². The van der Waals surface area contributed by atoms with Crippen molar-refractivity contribution in [3.63, 3.8) is 0 Å². The molecule has 70 valence electrons. The molecule has 1 nitrogen and oxygen atoms in total. The van der Waals surface area contributed by atoms with Crippen molar-refractivity contribution in [2.24, 2.45) is 0 Å². The van der Waals surface area contributed by atoms with Crippen LogP contribution in [0.3, 0.4) is 0 Å². The zero-order valence-corrected chi connectivity index (χ0v) is 8.42. The largest absolute Gasteiger partial charge is 0.297 e. The highest BCUT2D eigenvalue weighted by atomic mass is 15.1. The Morgan fingerprint density at radius 1 is 1.25 bits per heavy atom. The van der Waals surface area contributed by atoms with E-state index >= 15 is 0 Å². The molecular formula is C11H21N. The molecule has 0 radical (unpaired) electrons. The number of rotatable bonds is 7. The molecule has 0 fully saturated rings. The molecule has 0 aromatic heterocycles. The van der Waals surface area contributed by atoms with Gasteiger partial charge in [0.05, 0.1) is 0 Å². The highest BCUT2D eigenvalue weighted by Crippen LogP contribution is 2.07. The summed E-state index contributed by atoms with van der Waals surface area (Å²) in [5.74, 6) is 0. The smallest absolute Gasteiger partial charge is 0.0278 e. The monoisotopic (exact) mass is 167 g/mol. The van der Waals surface area contributed by atoms with Gasteiger partial charge in [-0.05, 0) is 25.9 Å². The van der Waals surface area contributed by atoms with Gasteiger partial charge in [-0.25, -0.2) is 0 Å². The zero-order valence-electron chi connectivity index (χ0n) is 8.42. The third-order valence-corrected chi connectivity index (χ3v) is 2.22. The summed E-state index contributed by atoms with van der Waals surface area (Å²) < 4.78 is 0. The van der Waals surface area contributed by atoms with Crippen molar-refractivity contribution in [1.29, 1.82) is 0 Å². The fraction of sp³-hybridized carbons (Fsp3) is 0.636. The van der Waals surface area contributed by atoms with E-state index in [1.165, 1.54) is 0 Å². The van der Waals surface area contributed by atoms with Crippen LogP contribution in [-0.2, 0) is 0 Å². The van der Waals surface area contributed by atoms with Gasteiger partial charge in [-0.2, -0.15) is 0 Å². The van der Waals surface area contributed by atoms with E-state index < -0.39 is 0 Å². The van der Waals surface area contributed by atoms with Crippen molar-refractivity contribution in [3.05, 3.63) is 25.3 Å². The van der Waals surface area contributed by atoms with Crippen molar-refractivity contribution in [2.75, 3.05) is 13.1 Å².